The lowest BCUT2D eigenvalue weighted by Crippen LogP contribution is -2.33. The maximum atomic E-state index is 13.0. The van der Waals surface area contributed by atoms with Crippen molar-refractivity contribution in [2.24, 2.45) is 0 Å². The summed E-state index contributed by atoms with van der Waals surface area (Å²) in [5, 5.41) is 3.92. The van der Waals surface area contributed by atoms with Gasteiger partial charge in [0.25, 0.3) is 5.91 Å². The molecule has 136 valence electrons. The van der Waals surface area contributed by atoms with Gasteiger partial charge in [0.05, 0.1) is 6.26 Å². The molecule has 0 radical (unpaired) electrons. The molecule has 0 atom stereocenters. The number of halogens is 1. The fraction of sp³-hybridized carbons (Fsp3) is 0.316. The van der Waals surface area contributed by atoms with Crippen LogP contribution in [0.2, 0.25) is 0 Å². The maximum Gasteiger partial charge on any atom is 0.289 e. The van der Waals surface area contributed by atoms with Crippen LogP contribution in [0.1, 0.15) is 36.2 Å². The zero-order valence-corrected chi connectivity index (χ0v) is 14.5. The number of furan rings is 1. The van der Waals surface area contributed by atoms with Gasteiger partial charge in [-0.15, -0.1) is 0 Å². The van der Waals surface area contributed by atoms with Crippen LogP contribution < -0.4 is 0 Å². The number of nitrogens with zero attached hydrogens (tertiary/aromatic N) is 3. The molecule has 0 spiro atoms. The van der Waals surface area contributed by atoms with E-state index < -0.39 is 0 Å². The summed E-state index contributed by atoms with van der Waals surface area (Å²) < 4.78 is 23.5. The largest absolute Gasteiger partial charge is 0.459 e. The third-order valence-corrected chi connectivity index (χ3v) is 3.97. The molecular formula is C19H20FN3O3. The van der Waals surface area contributed by atoms with Gasteiger partial charge < -0.3 is 13.8 Å². The molecule has 0 aliphatic heterocycles. The molecule has 2 aromatic heterocycles. The smallest absolute Gasteiger partial charge is 0.289 e. The highest BCUT2D eigenvalue weighted by atomic mass is 19.1. The van der Waals surface area contributed by atoms with Crippen molar-refractivity contribution in [3.63, 3.8) is 0 Å². The summed E-state index contributed by atoms with van der Waals surface area (Å²) in [6, 6.07) is 9.23. The predicted molar refractivity (Wildman–Crippen MR) is 92.9 cm³/mol. The zero-order chi connectivity index (χ0) is 18.4. The molecule has 1 amide bonds. The van der Waals surface area contributed by atoms with E-state index in [1.807, 2.05) is 0 Å². The second-order valence-electron chi connectivity index (χ2n) is 5.89. The average molecular weight is 357 g/mol. The van der Waals surface area contributed by atoms with Crippen LogP contribution in [0.4, 0.5) is 4.39 Å². The van der Waals surface area contributed by atoms with Gasteiger partial charge in [-0.05, 0) is 42.8 Å². The van der Waals surface area contributed by atoms with Crippen molar-refractivity contribution in [1.82, 2.24) is 15.0 Å². The van der Waals surface area contributed by atoms with Gasteiger partial charge in [0.2, 0.25) is 11.7 Å². The fourth-order valence-electron chi connectivity index (χ4n) is 2.52. The summed E-state index contributed by atoms with van der Waals surface area (Å²) in [7, 11) is 0. The van der Waals surface area contributed by atoms with Crippen LogP contribution >= 0.6 is 0 Å². The molecule has 26 heavy (non-hydrogen) atoms. The van der Waals surface area contributed by atoms with Gasteiger partial charge >= 0.3 is 0 Å². The lowest BCUT2D eigenvalue weighted by atomic mass is 10.2. The Morgan fingerprint density at radius 2 is 2.00 bits per heavy atom. The third-order valence-electron chi connectivity index (χ3n) is 3.97. The molecule has 0 aliphatic rings. The number of amides is 1. The standard InChI is InChI=1S/C19H20FN3O3/c1-2-3-11-23(19(24)16-5-4-13-25-16)12-10-17-21-18(22-26-17)14-6-8-15(20)9-7-14/h4-9,13H,2-3,10-12H2,1H3. The monoisotopic (exact) mass is 357 g/mol. The van der Waals surface area contributed by atoms with Crippen molar-refractivity contribution in [2.75, 3.05) is 13.1 Å². The molecule has 0 fully saturated rings. The number of carbonyl (C=O) groups excluding carboxylic acids is 1. The van der Waals surface area contributed by atoms with E-state index in [0.717, 1.165) is 12.8 Å². The normalized spacial score (nSPS) is 10.8. The minimum absolute atomic E-state index is 0.151. The SMILES string of the molecule is CCCCN(CCc1nc(-c2ccc(F)cc2)no1)C(=O)c1ccco1. The lowest BCUT2D eigenvalue weighted by Gasteiger charge is -2.20. The van der Waals surface area contributed by atoms with E-state index >= 15 is 0 Å². The second kappa shape index (κ2) is 8.42. The van der Waals surface area contributed by atoms with Crippen LogP contribution in [0.5, 0.6) is 0 Å². The first-order chi connectivity index (χ1) is 12.7. The van der Waals surface area contributed by atoms with Crippen molar-refractivity contribution >= 4 is 5.91 Å². The number of rotatable bonds is 8. The van der Waals surface area contributed by atoms with Crippen LogP contribution in [0, 0.1) is 5.82 Å². The van der Waals surface area contributed by atoms with Gasteiger partial charge in [0, 0.05) is 25.1 Å². The van der Waals surface area contributed by atoms with E-state index in [1.165, 1.54) is 18.4 Å². The maximum absolute atomic E-state index is 13.0. The van der Waals surface area contributed by atoms with Gasteiger partial charge in [0.15, 0.2) is 5.76 Å². The summed E-state index contributed by atoms with van der Waals surface area (Å²) >= 11 is 0. The highest BCUT2D eigenvalue weighted by Crippen LogP contribution is 2.16. The van der Waals surface area contributed by atoms with Gasteiger partial charge in [-0.1, -0.05) is 18.5 Å². The molecule has 1 aromatic carbocycles. The number of aromatic nitrogens is 2. The number of carbonyl (C=O) groups is 1. The molecule has 0 bridgehead atoms. The summed E-state index contributed by atoms with van der Waals surface area (Å²) in [6.45, 7) is 3.15. The van der Waals surface area contributed by atoms with Crippen LogP contribution in [-0.2, 0) is 6.42 Å². The van der Waals surface area contributed by atoms with Crippen molar-refractivity contribution in [1.29, 1.82) is 0 Å². The van der Waals surface area contributed by atoms with Crippen LogP contribution in [-0.4, -0.2) is 34.0 Å². The predicted octanol–water partition coefficient (Wildman–Crippen LogP) is 3.95. The van der Waals surface area contributed by atoms with Crippen molar-refractivity contribution in [3.05, 3.63) is 60.1 Å². The van der Waals surface area contributed by atoms with Crippen LogP contribution in [0.15, 0.2) is 51.6 Å². The number of unbranched alkanes of at least 4 members (excludes halogenated alkanes) is 1. The molecule has 3 rings (SSSR count). The van der Waals surface area contributed by atoms with Gasteiger partial charge in [-0.3, -0.25) is 4.79 Å². The second-order valence-corrected chi connectivity index (χ2v) is 5.89. The molecular weight excluding hydrogens is 337 g/mol. The zero-order valence-electron chi connectivity index (χ0n) is 14.5. The molecule has 0 unspecified atom stereocenters. The van der Waals surface area contributed by atoms with Crippen molar-refractivity contribution < 1.29 is 18.1 Å². The van der Waals surface area contributed by atoms with Crippen LogP contribution in [0.25, 0.3) is 11.4 Å². The Balaban J connectivity index is 1.65. The first-order valence-electron chi connectivity index (χ1n) is 8.58. The minimum Gasteiger partial charge on any atom is -0.459 e. The third kappa shape index (κ3) is 4.36. The Bertz CT molecular complexity index is 828. The highest BCUT2D eigenvalue weighted by molar-refractivity contribution is 5.91. The van der Waals surface area contributed by atoms with Gasteiger partial charge in [-0.25, -0.2) is 4.39 Å². The Morgan fingerprint density at radius 1 is 1.19 bits per heavy atom. The van der Waals surface area contributed by atoms with Crippen LogP contribution in [0.3, 0.4) is 0 Å². The molecule has 0 N–H and O–H groups in total. The molecule has 0 saturated heterocycles. The van der Waals surface area contributed by atoms with E-state index in [9.17, 15) is 9.18 Å². The molecule has 7 heteroatoms. The number of hydrogen-bond acceptors (Lipinski definition) is 5. The first kappa shape index (κ1) is 17.8. The van der Waals surface area contributed by atoms with Gasteiger partial charge in [-0.2, -0.15) is 4.98 Å². The van der Waals surface area contributed by atoms with Gasteiger partial charge in [0.1, 0.15) is 5.82 Å². The minimum atomic E-state index is -0.319. The number of benzene rings is 1. The van der Waals surface area contributed by atoms with E-state index in [0.29, 0.717) is 42.5 Å². The quantitative estimate of drug-likeness (QED) is 0.610. The van der Waals surface area contributed by atoms with Crippen molar-refractivity contribution in [2.45, 2.75) is 26.2 Å². The fourth-order valence-corrected chi connectivity index (χ4v) is 2.52. The topological polar surface area (TPSA) is 72.4 Å². The Morgan fingerprint density at radius 3 is 2.69 bits per heavy atom. The van der Waals surface area contributed by atoms with E-state index in [2.05, 4.69) is 17.1 Å². The summed E-state index contributed by atoms with van der Waals surface area (Å²) in [5.41, 5.74) is 0.677. The average Bonchev–Trinajstić information content (AvgIpc) is 3.34. The number of hydrogen-bond donors (Lipinski definition) is 0. The molecule has 6 nitrogen and oxygen atoms in total. The first-order valence-corrected chi connectivity index (χ1v) is 8.58. The molecule has 2 heterocycles. The molecule has 3 aromatic rings. The Kier molecular flexibility index (Phi) is 5.78. The molecule has 0 aliphatic carbocycles. The summed E-state index contributed by atoms with van der Waals surface area (Å²) in [4.78, 5) is 18.6. The summed E-state index contributed by atoms with van der Waals surface area (Å²) in [5.74, 6) is 0.677. The highest BCUT2D eigenvalue weighted by Gasteiger charge is 2.19. The van der Waals surface area contributed by atoms with E-state index in [4.69, 9.17) is 8.94 Å². The Hall–Kier alpha value is -2.96. The Labute approximate surface area is 150 Å². The van der Waals surface area contributed by atoms with E-state index in [-0.39, 0.29) is 11.7 Å². The summed E-state index contributed by atoms with van der Waals surface area (Å²) in [6.07, 6.45) is 3.80. The lowest BCUT2D eigenvalue weighted by molar-refractivity contribution is 0.0720. The van der Waals surface area contributed by atoms with E-state index in [1.54, 1.807) is 29.2 Å². The molecule has 0 saturated carbocycles. The van der Waals surface area contributed by atoms with Crippen molar-refractivity contribution in [3.8, 4) is 11.4 Å².